The molecule has 0 bridgehead atoms. The van der Waals surface area contributed by atoms with Crippen LogP contribution < -0.4 is 0 Å². The molecule has 14 heteroatoms. The predicted octanol–water partition coefficient (Wildman–Crippen LogP) is 9.13. The Morgan fingerprint density at radius 2 is 0.872 bits per heavy atom. The van der Waals surface area contributed by atoms with Gasteiger partial charge in [-0.15, -0.1) is 0 Å². The maximum absolute atomic E-state index is 15.1. The molecule has 39 heavy (non-hydrogen) atoms. The van der Waals surface area contributed by atoms with Gasteiger partial charge < -0.3 is 9.05 Å². The van der Waals surface area contributed by atoms with Crippen LogP contribution in [0.4, 0.5) is 43.9 Å². The van der Waals surface area contributed by atoms with Gasteiger partial charge in [0, 0.05) is 6.04 Å². The van der Waals surface area contributed by atoms with Crippen LogP contribution in [-0.2, 0) is 9.05 Å². The summed E-state index contributed by atoms with van der Waals surface area (Å²) in [5.41, 5.74) is -3.65. The number of hydrogen-bond acceptors (Lipinski definition) is 3. The first kappa shape index (κ1) is 33.3. The van der Waals surface area contributed by atoms with Gasteiger partial charge in [0.25, 0.3) is 8.53 Å². The topological polar surface area (TPSA) is 21.7 Å². The summed E-state index contributed by atoms with van der Waals surface area (Å²) in [6, 6.07) is -3.84. The van der Waals surface area contributed by atoms with E-state index in [-0.39, 0.29) is 13.2 Å². The van der Waals surface area contributed by atoms with Crippen molar-refractivity contribution in [3.8, 4) is 0 Å². The summed E-state index contributed by atoms with van der Waals surface area (Å²) >= 11 is 0. The van der Waals surface area contributed by atoms with Crippen molar-refractivity contribution in [1.82, 2.24) is 4.67 Å². The molecule has 0 saturated heterocycles. The zero-order chi connectivity index (χ0) is 29.6. The Bertz CT molecular complexity index is 1020. The van der Waals surface area contributed by atoms with Crippen molar-refractivity contribution in [2.75, 3.05) is 13.2 Å². The van der Waals surface area contributed by atoms with Crippen molar-refractivity contribution in [2.24, 2.45) is 0 Å². The molecule has 0 radical (unpaired) electrons. The molecule has 1 unspecified atom stereocenters. The molecule has 0 spiro atoms. The first-order valence-corrected chi connectivity index (χ1v) is 13.3. The van der Waals surface area contributed by atoms with Crippen LogP contribution in [0.1, 0.15) is 77.0 Å². The monoisotopic (exact) mass is 595 g/mol. The zero-order valence-corrected chi connectivity index (χ0v) is 22.5. The van der Waals surface area contributed by atoms with Crippen molar-refractivity contribution in [3.05, 3.63) is 69.3 Å². The Morgan fingerprint density at radius 1 is 0.538 bits per heavy atom. The fourth-order valence-corrected chi connectivity index (χ4v) is 5.37. The van der Waals surface area contributed by atoms with Gasteiger partial charge in [0.05, 0.1) is 30.4 Å². The summed E-state index contributed by atoms with van der Waals surface area (Å²) in [4.78, 5) is 0. The van der Waals surface area contributed by atoms with E-state index in [9.17, 15) is 26.3 Å². The van der Waals surface area contributed by atoms with Gasteiger partial charge in [-0.1, -0.05) is 33.1 Å². The van der Waals surface area contributed by atoms with E-state index in [0.29, 0.717) is 25.7 Å². The van der Waals surface area contributed by atoms with Gasteiger partial charge in [-0.3, -0.25) is 0 Å². The highest BCUT2D eigenvalue weighted by atomic mass is 31.2. The van der Waals surface area contributed by atoms with E-state index < -0.39 is 89.9 Å². The molecule has 0 amide bonds. The second-order valence-electron chi connectivity index (χ2n) is 8.81. The lowest BCUT2D eigenvalue weighted by Gasteiger charge is -2.39. The van der Waals surface area contributed by atoms with Crippen LogP contribution in [-0.4, -0.2) is 23.9 Å². The van der Waals surface area contributed by atoms with Gasteiger partial charge in [-0.2, -0.15) is 0 Å². The molecular weight excluding hydrogens is 567 g/mol. The third-order valence-electron chi connectivity index (χ3n) is 5.67. The van der Waals surface area contributed by atoms with Crippen molar-refractivity contribution in [1.29, 1.82) is 0 Å². The molecule has 0 aliphatic heterocycles. The third kappa shape index (κ3) is 7.04. The minimum atomic E-state index is -2.74. The average molecular weight is 595 g/mol. The quantitative estimate of drug-likeness (QED) is 0.0715. The molecule has 3 nitrogen and oxygen atoms in total. The largest absolute Gasteiger partial charge is 0.322 e. The van der Waals surface area contributed by atoms with Gasteiger partial charge in [-0.25, -0.2) is 48.6 Å². The van der Waals surface area contributed by atoms with Crippen LogP contribution in [0.3, 0.4) is 0 Å². The first-order valence-electron chi connectivity index (χ1n) is 12.2. The number of halogens is 10. The highest BCUT2D eigenvalue weighted by Gasteiger charge is 2.44. The molecule has 0 fully saturated rings. The second kappa shape index (κ2) is 14.6. The molecule has 1 atom stereocenters. The molecule has 0 aliphatic carbocycles. The molecule has 2 aromatic rings. The smallest absolute Gasteiger partial charge is 0.259 e. The predicted molar refractivity (Wildman–Crippen MR) is 125 cm³/mol. The lowest BCUT2D eigenvalue weighted by atomic mass is 9.94. The van der Waals surface area contributed by atoms with Crippen molar-refractivity contribution in [2.45, 2.75) is 71.9 Å². The summed E-state index contributed by atoms with van der Waals surface area (Å²) in [6.07, 6.45) is 2.87. The van der Waals surface area contributed by atoms with E-state index in [2.05, 4.69) is 0 Å². The first-order chi connectivity index (χ1) is 18.3. The van der Waals surface area contributed by atoms with Crippen LogP contribution in [0.15, 0.2) is 0 Å². The standard InChI is InChI=1S/C25H28F10NO2P/c1-5-7-9-11-38-39(37-10-8-6-2)36(12(3)4)25(13-15(26)19(30)23(34)20(31)16(13)27)14-17(28)21(32)24(35)22(33)18(14)29/h12,25H,5-11H2,1-4H3. The lowest BCUT2D eigenvalue weighted by molar-refractivity contribution is 0.164. The average Bonchev–Trinajstić information content (AvgIpc) is 2.90. The fraction of sp³-hybridized carbons (Fsp3) is 0.520. The molecule has 0 heterocycles. The third-order valence-corrected chi connectivity index (χ3v) is 7.54. The van der Waals surface area contributed by atoms with E-state index in [1.54, 1.807) is 6.92 Å². The van der Waals surface area contributed by atoms with Crippen LogP contribution in [0.25, 0.3) is 0 Å². The van der Waals surface area contributed by atoms with Gasteiger partial charge in [0.2, 0.25) is 11.6 Å². The van der Waals surface area contributed by atoms with E-state index in [1.807, 2.05) is 6.92 Å². The van der Waals surface area contributed by atoms with Gasteiger partial charge in [0.1, 0.15) is 0 Å². The van der Waals surface area contributed by atoms with Gasteiger partial charge in [0.15, 0.2) is 46.5 Å². The van der Waals surface area contributed by atoms with Crippen molar-refractivity contribution >= 4 is 8.53 Å². The number of nitrogens with zero attached hydrogens (tertiary/aromatic N) is 1. The van der Waals surface area contributed by atoms with E-state index >= 15 is 17.6 Å². The molecule has 2 aromatic carbocycles. The van der Waals surface area contributed by atoms with Crippen molar-refractivity contribution in [3.63, 3.8) is 0 Å². The maximum Gasteiger partial charge on any atom is 0.259 e. The SMILES string of the molecule is CCCCCOP(OCCCC)N(C(C)C)C(c1c(F)c(F)c(F)c(F)c1F)c1c(F)c(F)c(F)c(F)c1F. The number of unbranched alkanes of at least 4 members (excludes halogenated alkanes) is 3. The highest BCUT2D eigenvalue weighted by molar-refractivity contribution is 7.44. The van der Waals surface area contributed by atoms with E-state index in [1.165, 1.54) is 13.8 Å². The molecule has 0 N–H and O–H groups in total. The van der Waals surface area contributed by atoms with E-state index in [4.69, 9.17) is 9.05 Å². The molecular formula is C25H28F10NO2P. The van der Waals surface area contributed by atoms with Gasteiger partial charge in [-0.05, 0) is 26.7 Å². The zero-order valence-electron chi connectivity index (χ0n) is 21.6. The fourth-order valence-electron chi connectivity index (χ4n) is 3.67. The van der Waals surface area contributed by atoms with Crippen LogP contribution in [0, 0.1) is 58.2 Å². The summed E-state index contributed by atoms with van der Waals surface area (Å²) in [5, 5.41) is 0. The van der Waals surface area contributed by atoms with Crippen LogP contribution in [0.5, 0.6) is 0 Å². The summed E-state index contributed by atoms with van der Waals surface area (Å²) in [7, 11) is -2.59. The van der Waals surface area contributed by atoms with E-state index in [0.717, 1.165) is 11.1 Å². The number of rotatable bonds is 14. The summed E-state index contributed by atoms with van der Waals surface area (Å²) in [6.45, 7) is 6.18. The Balaban J connectivity index is 2.96. The maximum atomic E-state index is 15.1. The van der Waals surface area contributed by atoms with Crippen molar-refractivity contribution < 1.29 is 53.0 Å². The molecule has 2 rings (SSSR count). The number of hydrogen-bond donors (Lipinski definition) is 0. The Hall–Kier alpha value is -1.95. The van der Waals surface area contributed by atoms with Crippen LogP contribution >= 0.6 is 8.53 Å². The Kier molecular flexibility index (Phi) is 12.5. The Labute approximate surface area is 221 Å². The highest BCUT2D eigenvalue weighted by Crippen LogP contribution is 2.54. The summed E-state index contributed by atoms with van der Waals surface area (Å²) < 4.78 is 157. The minimum Gasteiger partial charge on any atom is -0.322 e. The number of benzene rings is 2. The van der Waals surface area contributed by atoms with Crippen LogP contribution in [0.2, 0.25) is 0 Å². The molecule has 0 saturated carbocycles. The molecule has 220 valence electrons. The lowest BCUT2D eigenvalue weighted by Crippen LogP contribution is -2.36. The Morgan fingerprint density at radius 3 is 1.21 bits per heavy atom. The molecule has 0 aliphatic rings. The minimum absolute atomic E-state index is 0.0458. The summed E-state index contributed by atoms with van der Waals surface area (Å²) in [5.74, 6) is -25.1. The normalized spacial score (nSPS) is 12.8. The van der Waals surface area contributed by atoms with Gasteiger partial charge >= 0.3 is 0 Å². The molecule has 0 aromatic heterocycles. The second-order valence-corrected chi connectivity index (χ2v) is 10.3.